The van der Waals surface area contributed by atoms with Crippen molar-refractivity contribution in [1.82, 2.24) is 29.9 Å². The second kappa shape index (κ2) is 8.26. The van der Waals surface area contributed by atoms with Gasteiger partial charge in [0.25, 0.3) is 0 Å². The highest BCUT2D eigenvalue weighted by atomic mass is 16.5. The van der Waals surface area contributed by atoms with Crippen molar-refractivity contribution < 1.29 is 9.32 Å². The summed E-state index contributed by atoms with van der Waals surface area (Å²) in [5.41, 5.74) is 1.11. The summed E-state index contributed by atoms with van der Waals surface area (Å²) in [4.78, 5) is 23.7. The molecule has 162 valence electrons. The average molecular weight is 421 g/mol. The lowest BCUT2D eigenvalue weighted by Crippen LogP contribution is -2.38. The second-order valence-electron chi connectivity index (χ2n) is 8.91. The molecular formula is C23H28N6O2. The Morgan fingerprint density at radius 3 is 2.94 bits per heavy atom. The first-order valence-electron chi connectivity index (χ1n) is 10.9. The van der Waals surface area contributed by atoms with E-state index < -0.39 is 0 Å². The Morgan fingerprint density at radius 1 is 1.32 bits per heavy atom. The predicted molar refractivity (Wildman–Crippen MR) is 114 cm³/mol. The number of rotatable bonds is 7. The van der Waals surface area contributed by atoms with Gasteiger partial charge in [0.2, 0.25) is 11.8 Å². The standard InChI is InChI=1S/C23H28N6O2/c1-17-25-22(31-27-17)23-12-20(26-21(30)7-9-28-10-8-24-16-28)11-19(23)14-29(15-23)13-18-5-3-2-4-6-18/h2-6,8,10,16,19-20H,7,9,11-15H2,1H3,(H,26,30). The molecule has 1 saturated heterocycles. The van der Waals surface area contributed by atoms with E-state index in [9.17, 15) is 4.79 Å². The molecule has 1 amide bonds. The molecule has 0 spiro atoms. The van der Waals surface area contributed by atoms with Gasteiger partial charge in [-0.2, -0.15) is 4.98 Å². The molecule has 5 rings (SSSR count). The molecule has 2 fully saturated rings. The van der Waals surface area contributed by atoms with Crippen LogP contribution in [-0.4, -0.2) is 49.6 Å². The van der Waals surface area contributed by atoms with Gasteiger partial charge in [-0.3, -0.25) is 9.69 Å². The number of amides is 1. The zero-order chi connectivity index (χ0) is 21.3. The van der Waals surface area contributed by atoms with Gasteiger partial charge in [-0.25, -0.2) is 4.98 Å². The van der Waals surface area contributed by atoms with Gasteiger partial charge < -0.3 is 14.4 Å². The SMILES string of the molecule is Cc1noc(C23CC(NC(=O)CCn4ccnc4)CC2CN(Cc2ccccc2)C3)n1. The van der Waals surface area contributed by atoms with Crippen LogP contribution in [0.1, 0.15) is 36.5 Å². The molecule has 3 heterocycles. The lowest BCUT2D eigenvalue weighted by atomic mass is 9.80. The fourth-order valence-electron chi connectivity index (χ4n) is 5.33. The molecule has 0 bridgehead atoms. The minimum Gasteiger partial charge on any atom is -0.353 e. The van der Waals surface area contributed by atoms with Gasteiger partial charge in [-0.15, -0.1) is 0 Å². The van der Waals surface area contributed by atoms with E-state index in [1.54, 1.807) is 12.5 Å². The maximum Gasteiger partial charge on any atom is 0.234 e. The smallest absolute Gasteiger partial charge is 0.234 e. The van der Waals surface area contributed by atoms with Gasteiger partial charge in [0.05, 0.1) is 11.7 Å². The van der Waals surface area contributed by atoms with Crippen molar-refractivity contribution >= 4 is 5.91 Å². The molecule has 31 heavy (non-hydrogen) atoms. The van der Waals surface area contributed by atoms with Gasteiger partial charge in [0.1, 0.15) is 0 Å². The number of likely N-dealkylation sites (tertiary alicyclic amines) is 1. The van der Waals surface area contributed by atoms with E-state index in [4.69, 9.17) is 4.52 Å². The number of nitrogens with one attached hydrogen (secondary N) is 1. The molecule has 1 saturated carbocycles. The van der Waals surface area contributed by atoms with Crippen LogP contribution in [0.4, 0.5) is 0 Å². The lowest BCUT2D eigenvalue weighted by Gasteiger charge is -2.25. The van der Waals surface area contributed by atoms with Gasteiger partial charge in [-0.05, 0) is 31.2 Å². The predicted octanol–water partition coefficient (Wildman–Crippen LogP) is 2.31. The van der Waals surface area contributed by atoms with Gasteiger partial charge >= 0.3 is 0 Å². The Labute approximate surface area is 181 Å². The first kappa shape index (κ1) is 19.9. The van der Waals surface area contributed by atoms with Crippen LogP contribution >= 0.6 is 0 Å². The largest absolute Gasteiger partial charge is 0.353 e. The number of carbonyl (C=O) groups excluding carboxylic acids is 1. The third kappa shape index (κ3) is 4.12. The van der Waals surface area contributed by atoms with Crippen LogP contribution in [0.3, 0.4) is 0 Å². The zero-order valence-electron chi connectivity index (χ0n) is 17.8. The minimum absolute atomic E-state index is 0.0803. The van der Waals surface area contributed by atoms with Crippen molar-refractivity contribution in [3.8, 4) is 0 Å². The summed E-state index contributed by atoms with van der Waals surface area (Å²) in [6.45, 7) is 5.25. The van der Waals surface area contributed by atoms with Crippen LogP contribution < -0.4 is 5.32 Å². The summed E-state index contributed by atoms with van der Waals surface area (Å²) in [6.07, 6.45) is 7.56. The third-order valence-electron chi connectivity index (χ3n) is 6.67. The summed E-state index contributed by atoms with van der Waals surface area (Å²) in [7, 11) is 0. The fourth-order valence-corrected chi connectivity index (χ4v) is 5.33. The number of aromatic nitrogens is 4. The van der Waals surface area contributed by atoms with Crippen LogP contribution in [-0.2, 0) is 23.3 Å². The maximum absolute atomic E-state index is 12.6. The molecule has 3 unspecified atom stereocenters. The van der Waals surface area contributed by atoms with Crippen molar-refractivity contribution in [1.29, 1.82) is 0 Å². The molecule has 2 aromatic heterocycles. The number of fused-ring (bicyclic) bond motifs is 1. The van der Waals surface area contributed by atoms with Gasteiger partial charge in [0, 0.05) is 51.0 Å². The van der Waals surface area contributed by atoms with Crippen LogP contribution in [0.5, 0.6) is 0 Å². The monoisotopic (exact) mass is 420 g/mol. The third-order valence-corrected chi connectivity index (χ3v) is 6.67. The van der Waals surface area contributed by atoms with Crippen molar-refractivity contribution in [3.05, 3.63) is 66.3 Å². The molecule has 1 N–H and O–H groups in total. The Balaban J connectivity index is 1.27. The fraction of sp³-hybridized carbons (Fsp3) is 0.478. The zero-order valence-corrected chi connectivity index (χ0v) is 17.8. The minimum atomic E-state index is -0.196. The van der Waals surface area contributed by atoms with Crippen molar-refractivity contribution in [2.75, 3.05) is 13.1 Å². The molecule has 8 nitrogen and oxygen atoms in total. The summed E-state index contributed by atoms with van der Waals surface area (Å²) < 4.78 is 7.61. The van der Waals surface area contributed by atoms with E-state index in [2.05, 4.69) is 49.6 Å². The number of nitrogens with zero attached hydrogens (tertiary/aromatic N) is 5. The van der Waals surface area contributed by atoms with E-state index in [1.807, 2.05) is 23.8 Å². The number of benzene rings is 1. The lowest BCUT2D eigenvalue weighted by molar-refractivity contribution is -0.122. The molecule has 2 aliphatic rings. The number of imidazole rings is 1. The van der Waals surface area contributed by atoms with Crippen molar-refractivity contribution in [2.45, 2.75) is 50.7 Å². The molecule has 1 aromatic carbocycles. The Morgan fingerprint density at radius 2 is 2.19 bits per heavy atom. The van der Waals surface area contributed by atoms with Crippen molar-refractivity contribution in [2.24, 2.45) is 5.92 Å². The first-order chi connectivity index (χ1) is 15.1. The van der Waals surface area contributed by atoms with Crippen LogP contribution in [0.25, 0.3) is 0 Å². The second-order valence-corrected chi connectivity index (χ2v) is 8.91. The van der Waals surface area contributed by atoms with Crippen LogP contribution in [0.2, 0.25) is 0 Å². The highest BCUT2D eigenvalue weighted by Gasteiger charge is 2.57. The van der Waals surface area contributed by atoms with Crippen LogP contribution in [0.15, 0.2) is 53.6 Å². The Kier molecular flexibility index (Phi) is 5.31. The highest BCUT2D eigenvalue weighted by molar-refractivity contribution is 5.76. The Hall–Kier alpha value is -3.00. The van der Waals surface area contributed by atoms with E-state index in [-0.39, 0.29) is 17.4 Å². The molecule has 3 aromatic rings. The summed E-state index contributed by atoms with van der Waals surface area (Å²) in [5, 5.41) is 7.32. The van der Waals surface area contributed by atoms with Crippen molar-refractivity contribution in [3.63, 3.8) is 0 Å². The molecule has 3 atom stereocenters. The average Bonchev–Trinajstić information content (AvgIpc) is 3.52. The van der Waals surface area contributed by atoms with Gasteiger partial charge in [0.15, 0.2) is 5.82 Å². The first-order valence-corrected chi connectivity index (χ1v) is 10.9. The quantitative estimate of drug-likeness (QED) is 0.631. The van der Waals surface area contributed by atoms with Gasteiger partial charge in [-0.1, -0.05) is 35.5 Å². The number of hydrogen-bond donors (Lipinski definition) is 1. The van der Waals surface area contributed by atoms with E-state index in [0.29, 0.717) is 24.7 Å². The summed E-state index contributed by atoms with van der Waals surface area (Å²) in [6, 6.07) is 10.7. The molecule has 1 aliphatic carbocycles. The van der Waals surface area contributed by atoms with E-state index in [1.165, 1.54) is 5.56 Å². The van der Waals surface area contributed by atoms with E-state index >= 15 is 0 Å². The number of hydrogen-bond acceptors (Lipinski definition) is 6. The molecular weight excluding hydrogens is 392 g/mol. The normalized spacial score (nSPS) is 25.6. The van der Waals surface area contributed by atoms with Crippen LogP contribution in [0, 0.1) is 12.8 Å². The maximum atomic E-state index is 12.6. The number of aryl methyl sites for hydroxylation is 2. The Bertz CT molecular complexity index is 1020. The van der Waals surface area contributed by atoms with E-state index in [0.717, 1.165) is 38.4 Å². The molecule has 0 radical (unpaired) electrons. The summed E-state index contributed by atoms with van der Waals surface area (Å²) >= 11 is 0. The molecule has 1 aliphatic heterocycles. The summed E-state index contributed by atoms with van der Waals surface area (Å²) in [5.74, 6) is 1.85. The number of carbonyl (C=O) groups is 1. The topological polar surface area (TPSA) is 89.1 Å². The highest BCUT2D eigenvalue weighted by Crippen LogP contribution is 2.50. The molecule has 8 heteroatoms.